The van der Waals surface area contributed by atoms with Gasteiger partial charge in [0, 0.05) is 22.2 Å². The molecule has 1 fully saturated rings. The van der Waals surface area contributed by atoms with E-state index >= 15 is 0 Å². The van der Waals surface area contributed by atoms with Gasteiger partial charge in [-0.15, -0.1) is 11.8 Å². The van der Waals surface area contributed by atoms with Gasteiger partial charge in [-0.25, -0.2) is 4.79 Å². The zero-order valence-electron chi connectivity index (χ0n) is 15.5. The second-order valence-corrected chi connectivity index (χ2v) is 7.96. The van der Waals surface area contributed by atoms with E-state index in [0.29, 0.717) is 12.1 Å². The van der Waals surface area contributed by atoms with Gasteiger partial charge in [0.25, 0.3) is 0 Å². The van der Waals surface area contributed by atoms with E-state index in [1.165, 1.54) is 23.9 Å². The van der Waals surface area contributed by atoms with Crippen molar-refractivity contribution in [1.29, 1.82) is 0 Å². The summed E-state index contributed by atoms with van der Waals surface area (Å²) in [5.41, 5.74) is 1.30. The minimum atomic E-state index is -1.04. The number of thioether (sulfide) groups is 1. The Hall–Kier alpha value is -2.80. The molecule has 1 unspecified atom stereocenters. The maximum absolute atomic E-state index is 12.6. The number of amides is 2. The molecular weight excluding hydrogens is 376 g/mol. The molecule has 2 aromatic rings. The van der Waals surface area contributed by atoms with Crippen LogP contribution >= 0.6 is 11.8 Å². The molecule has 3 N–H and O–H groups in total. The molecule has 0 spiro atoms. The fourth-order valence-corrected chi connectivity index (χ4v) is 3.69. The van der Waals surface area contributed by atoms with Crippen LogP contribution in [-0.2, 0) is 9.59 Å². The fraction of sp³-hybridized carbons (Fsp3) is 0.286. The van der Waals surface area contributed by atoms with Crippen molar-refractivity contribution in [3.05, 3.63) is 54.1 Å². The van der Waals surface area contributed by atoms with Gasteiger partial charge < -0.3 is 15.7 Å². The van der Waals surface area contributed by atoms with Crippen molar-refractivity contribution in [2.24, 2.45) is 5.92 Å². The molecule has 1 aliphatic rings. The Bertz CT molecular complexity index is 895. The van der Waals surface area contributed by atoms with Gasteiger partial charge in [-0.2, -0.15) is 0 Å². The number of hydrogen-bond donors (Lipinski definition) is 3. The van der Waals surface area contributed by atoms with Crippen LogP contribution in [0.25, 0.3) is 0 Å². The molecule has 2 amide bonds. The topological polar surface area (TPSA) is 95.5 Å². The van der Waals surface area contributed by atoms with Crippen LogP contribution in [-0.4, -0.2) is 28.1 Å². The molecule has 0 bridgehead atoms. The van der Waals surface area contributed by atoms with Gasteiger partial charge in [-0.1, -0.05) is 19.1 Å². The smallest absolute Gasteiger partial charge is 0.335 e. The molecule has 0 aliphatic heterocycles. The Morgan fingerprint density at radius 2 is 1.75 bits per heavy atom. The Morgan fingerprint density at radius 3 is 2.39 bits per heavy atom. The second-order valence-electron chi connectivity index (χ2n) is 6.68. The van der Waals surface area contributed by atoms with Gasteiger partial charge in [-0.05, 0) is 55.7 Å². The fourth-order valence-electron chi connectivity index (χ4n) is 2.68. The van der Waals surface area contributed by atoms with E-state index in [1.807, 2.05) is 31.2 Å². The molecule has 7 heteroatoms. The first-order chi connectivity index (χ1) is 13.5. The largest absolute Gasteiger partial charge is 0.478 e. The summed E-state index contributed by atoms with van der Waals surface area (Å²) in [6.45, 7) is 1.92. The molecule has 1 atom stereocenters. The highest BCUT2D eigenvalue weighted by molar-refractivity contribution is 8.00. The van der Waals surface area contributed by atoms with Crippen molar-refractivity contribution in [1.82, 2.24) is 0 Å². The van der Waals surface area contributed by atoms with Crippen molar-refractivity contribution in [3.63, 3.8) is 0 Å². The number of aromatic carboxylic acids is 1. The minimum Gasteiger partial charge on any atom is -0.478 e. The molecule has 3 rings (SSSR count). The van der Waals surface area contributed by atoms with Crippen LogP contribution in [0.5, 0.6) is 0 Å². The Kier molecular flexibility index (Phi) is 6.36. The third kappa shape index (κ3) is 5.36. The SMILES string of the molecule is CCC(Sc1cccc(NC(=O)C2CC2)c1)C(=O)Nc1cccc(C(=O)O)c1. The predicted molar refractivity (Wildman–Crippen MR) is 110 cm³/mol. The van der Waals surface area contributed by atoms with E-state index in [0.717, 1.165) is 23.4 Å². The number of anilines is 2. The van der Waals surface area contributed by atoms with Crippen LogP contribution in [0.4, 0.5) is 11.4 Å². The Labute approximate surface area is 167 Å². The van der Waals surface area contributed by atoms with Crippen LogP contribution < -0.4 is 10.6 Å². The number of nitrogens with one attached hydrogen (secondary N) is 2. The lowest BCUT2D eigenvalue weighted by Crippen LogP contribution is -2.24. The summed E-state index contributed by atoms with van der Waals surface area (Å²) in [7, 11) is 0. The maximum atomic E-state index is 12.6. The molecule has 1 aliphatic carbocycles. The number of carboxylic acids is 1. The van der Waals surface area contributed by atoms with E-state index in [1.54, 1.807) is 12.1 Å². The first kappa shape index (κ1) is 19.9. The lowest BCUT2D eigenvalue weighted by atomic mass is 10.2. The summed E-state index contributed by atoms with van der Waals surface area (Å²) >= 11 is 1.41. The molecule has 6 nitrogen and oxygen atoms in total. The zero-order chi connectivity index (χ0) is 20.1. The zero-order valence-corrected chi connectivity index (χ0v) is 16.3. The first-order valence-electron chi connectivity index (χ1n) is 9.18. The van der Waals surface area contributed by atoms with Crippen LogP contribution in [0.1, 0.15) is 36.5 Å². The minimum absolute atomic E-state index is 0.0465. The summed E-state index contributed by atoms with van der Waals surface area (Å²) in [5.74, 6) is -1.05. The van der Waals surface area contributed by atoms with Gasteiger partial charge in [0.1, 0.15) is 0 Å². The van der Waals surface area contributed by atoms with Crippen LogP contribution in [0.3, 0.4) is 0 Å². The van der Waals surface area contributed by atoms with Crippen molar-refractivity contribution >= 4 is 40.9 Å². The highest BCUT2D eigenvalue weighted by atomic mass is 32.2. The quantitative estimate of drug-likeness (QED) is 0.578. The van der Waals surface area contributed by atoms with Crippen LogP contribution in [0.2, 0.25) is 0 Å². The number of carboxylic acid groups (broad SMARTS) is 1. The summed E-state index contributed by atoms with van der Waals surface area (Å²) in [5, 5.41) is 14.4. The number of carbonyl (C=O) groups excluding carboxylic acids is 2. The third-order valence-corrected chi connectivity index (χ3v) is 5.73. The van der Waals surface area contributed by atoms with Crippen molar-refractivity contribution < 1.29 is 19.5 Å². The van der Waals surface area contributed by atoms with E-state index < -0.39 is 5.97 Å². The number of hydrogen-bond acceptors (Lipinski definition) is 4. The summed E-state index contributed by atoms with van der Waals surface area (Å²) in [6, 6.07) is 13.6. The van der Waals surface area contributed by atoms with Gasteiger partial charge >= 0.3 is 5.97 Å². The summed E-state index contributed by atoms with van der Waals surface area (Å²) in [6.07, 6.45) is 2.50. The lowest BCUT2D eigenvalue weighted by Gasteiger charge is -2.15. The Morgan fingerprint density at radius 1 is 1.07 bits per heavy atom. The third-order valence-electron chi connectivity index (χ3n) is 4.37. The second kappa shape index (κ2) is 8.93. The van der Waals surface area contributed by atoms with Crippen LogP contribution in [0, 0.1) is 5.92 Å². The van der Waals surface area contributed by atoms with Gasteiger partial charge in [-0.3, -0.25) is 9.59 Å². The van der Waals surface area contributed by atoms with Crippen molar-refractivity contribution in [2.75, 3.05) is 10.6 Å². The molecule has 1 saturated carbocycles. The number of benzene rings is 2. The Balaban J connectivity index is 1.64. The standard InChI is InChI=1S/C21H22N2O4S/c1-2-18(20(25)23-15-6-3-5-14(11-15)21(26)27)28-17-8-4-7-16(12-17)22-19(24)13-9-10-13/h3-8,11-13,18H,2,9-10H2,1H3,(H,22,24)(H,23,25)(H,26,27). The van der Waals surface area contributed by atoms with Gasteiger partial charge in [0.05, 0.1) is 10.8 Å². The molecule has 0 saturated heterocycles. The molecule has 2 aromatic carbocycles. The molecule has 28 heavy (non-hydrogen) atoms. The van der Waals surface area contributed by atoms with Crippen molar-refractivity contribution in [2.45, 2.75) is 36.3 Å². The summed E-state index contributed by atoms with van der Waals surface area (Å²) < 4.78 is 0. The van der Waals surface area contributed by atoms with Crippen LogP contribution in [0.15, 0.2) is 53.4 Å². The maximum Gasteiger partial charge on any atom is 0.335 e. The highest BCUT2D eigenvalue weighted by Crippen LogP contribution is 2.32. The average Bonchev–Trinajstić information content (AvgIpc) is 3.52. The molecule has 146 valence electrons. The first-order valence-corrected chi connectivity index (χ1v) is 10.1. The highest BCUT2D eigenvalue weighted by Gasteiger charge is 2.29. The monoisotopic (exact) mass is 398 g/mol. The number of rotatable bonds is 8. The number of carbonyl (C=O) groups is 3. The molecule has 0 heterocycles. The molecular formula is C21H22N2O4S. The van der Waals surface area contributed by atoms with Gasteiger partial charge in [0.2, 0.25) is 11.8 Å². The van der Waals surface area contributed by atoms with E-state index in [9.17, 15) is 14.4 Å². The van der Waals surface area contributed by atoms with E-state index in [4.69, 9.17) is 5.11 Å². The summed E-state index contributed by atoms with van der Waals surface area (Å²) in [4.78, 5) is 36.5. The predicted octanol–water partition coefficient (Wildman–Crippen LogP) is 4.24. The van der Waals surface area contributed by atoms with Gasteiger partial charge in [0.15, 0.2) is 0 Å². The molecule has 0 radical (unpaired) electrons. The lowest BCUT2D eigenvalue weighted by molar-refractivity contribution is -0.117. The normalized spacial score (nSPS) is 14.2. The van der Waals surface area contributed by atoms with Crippen molar-refractivity contribution in [3.8, 4) is 0 Å². The average molecular weight is 398 g/mol. The molecule has 0 aromatic heterocycles. The van der Waals surface area contributed by atoms with E-state index in [2.05, 4.69) is 10.6 Å². The van der Waals surface area contributed by atoms with E-state index in [-0.39, 0.29) is 28.5 Å².